The van der Waals surface area contributed by atoms with Gasteiger partial charge in [0.15, 0.2) is 0 Å². The third kappa shape index (κ3) is 1.87. The molecule has 0 aromatic heterocycles. The molecule has 1 aromatic rings. The summed E-state index contributed by atoms with van der Waals surface area (Å²) in [5.74, 6) is -2.32. The first-order valence-corrected chi connectivity index (χ1v) is 4.88. The van der Waals surface area contributed by atoms with Crippen molar-refractivity contribution >= 4 is 5.97 Å². The molecule has 0 atom stereocenters. The Bertz CT molecular complexity index is 475. The van der Waals surface area contributed by atoms with Gasteiger partial charge in [0.05, 0.1) is 11.0 Å². The molecule has 0 saturated heterocycles. The van der Waals surface area contributed by atoms with Crippen LogP contribution in [0.3, 0.4) is 0 Å². The monoisotopic (exact) mass is 248 g/mol. The summed E-state index contributed by atoms with van der Waals surface area (Å²) >= 11 is 0. The minimum atomic E-state index is -4.75. The Morgan fingerprint density at radius 2 is 1.88 bits per heavy atom. The minimum Gasteiger partial charge on any atom is -0.481 e. The Kier molecular flexibility index (Phi) is 2.41. The van der Waals surface area contributed by atoms with Crippen molar-refractivity contribution in [1.82, 2.24) is 0 Å². The van der Waals surface area contributed by atoms with E-state index < -0.39 is 28.9 Å². The molecule has 0 radical (unpaired) electrons. The zero-order chi connectivity index (χ0) is 12.8. The Morgan fingerprint density at radius 1 is 1.29 bits per heavy atom. The number of rotatable bonds is 2. The number of benzene rings is 1. The minimum absolute atomic E-state index is 0.150. The number of alkyl halides is 3. The van der Waals surface area contributed by atoms with Crippen molar-refractivity contribution in [3.63, 3.8) is 0 Å². The van der Waals surface area contributed by atoms with Crippen molar-refractivity contribution in [3.05, 3.63) is 35.1 Å². The quantitative estimate of drug-likeness (QED) is 0.817. The van der Waals surface area contributed by atoms with Crippen LogP contribution in [0.2, 0.25) is 0 Å². The molecule has 6 heteroatoms. The fraction of sp³-hybridized carbons (Fsp3) is 0.364. The van der Waals surface area contributed by atoms with Crippen LogP contribution in [0, 0.1) is 5.82 Å². The molecule has 1 aliphatic carbocycles. The third-order valence-corrected chi connectivity index (χ3v) is 2.96. The van der Waals surface area contributed by atoms with E-state index in [0.29, 0.717) is 6.07 Å². The van der Waals surface area contributed by atoms with Crippen molar-refractivity contribution in [1.29, 1.82) is 0 Å². The predicted molar refractivity (Wildman–Crippen MR) is 49.9 cm³/mol. The van der Waals surface area contributed by atoms with Gasteiger partial charge in [0, 0.05) is 0 Å². The molecule has 1 aromatic carbocycles. The van der Waals surface area contributed by atoms with Crippen molar-refractivity contribution in [3.8, 4) is 0 Å². The highest BCUT2D eigenvalue weighted by atomic mass is 19.4. The second-order valence-corrected chi connectivity index (χ2v) is 4.07. The molecule has 1 aliphatic rings. The first-order valence-electron chi connectivity index (χ1n) is 4.88. The zero-order valence-corrected chi connectivity index (χ0v) is 8.51. The largest absolute Gasteiger partial charge is 0.481 e. The van der Waals surface area contributed by atoms with Crippen molar-refractivity contribution in [2.75, 3.05) is 0 Å². The normalized spacial score (nSPS) is 17.9. The molecule has 0 aliphatic heterocycles. The van der Waals surface area contributed by atoms with Gasteiger partial charge in [-0.3, -0.25) is 4.79 Å². The van der Waals surface area contributed by atoms with Crippen molar-refractivity contribution in [2.45, 2.75) is 24.4 Å². The van der Waals surface area contributed by atoms with Crippen LogP contribution in [0.5, 0.6) is 0 Å². The first-order chi connectivity index (χ1) is 7.77. The van der Waals surface area contributed by atoms with E-state index >= 15 is 0 Å². The molecule has 17 heavy (non-hydrogen) atoms. The molecule has 0 heterocycles. The van der Waals surface area contributed by atoms with Crippen LogP contribution in [0.1, 0.15) is 24.0 Å². The second kappa shape index (κ2) is 3.45. The number of carbonyl (C=O) groups is 1. The lowest BCUT2D eigenvalue weighted by Crippen LogP contribution is -2.24. The fourth-order valence-electron chi connectivity index (χ4n) is 1.89. The Balaban J connectivity index is 2.59. The SMILES string of the molecule is O=C(O)C1(c2ccc(F)cc2C(F)(F)F)CC1. The molecular formula is C11H8F4O2. The van der Waals surface area contributed by atoms with E-state index in [0.717, 1.165) is 12.1 Å². The molecule has 1 N–H and O–H groups in total. The lowest BCUT2D eigenvalue weighted by molar-refractivity contribution is -0.142. The van der Waals surface area contributed by atoms with Crippen LogP contribution in [0.25, 0.3) is 0 Å². The summed E-state index contributed by atoms with van der Waals surface area (Å²) in [6, 6.07) is 2.12. The van der Waals surface area contributed by atoms with Gasteiger partial charge in [0.1, 0.15) is 5.82 Å². The van der Waals surface area contributed by atoms with Crippen LogP contribution in [-0.4, -0.2) is 11.1 Å². The average molecular weight is 248 g/mol. The summed E-state index contributed by atoms with van der Waals surface area (Å²) in [6.07, 6.45) is -4.45. The molecule has 1 fully saturated rings. The van der Waals surface area contributed by atoms with Gasteiger partial charge in [-0.2, -0.15) is 13.2 Å². The molecule has 0 amide bonds. The predicted octanol–water partition coefficient (Wildman–Crippen LogP) is 2.96. The van der Waals surface area contributed by atoms with E-state index in [1.807, 2.05) is 0 Å². The topological polar surface area (TPSA) is 37.3 Å². The molecule has 2 rings (SSSR count). The first kappa shape index (κ1) is 11.9. The van der Waals surface area contributed by atoms with E-state index in [9.17, 15) is 22.4 Å². The van der Waals surface area contributed by atoms with E-state index in [2.05, 4.69) is 0 Å². The van der Waals surface area contributed by atoms with Gasteiger partial charge >= 0.3 is 12.1 Å². The van der Waals surface area contributed by atoms with Crippen molar-refractivity contribution < 1.29 is 27.5 Å². The maximum absolute atomic E-state index is 12.8. The lowest BCUT2D eigenvalue weighted by atomic mass is 9.91. The number of hydrogen-bond donors (Lipinski definition) is 1. The second-order valence-electron chi connectivity index (χ2n) is 4.07. The van der Waals surface area contributed by atoms with Crippen LogP contribution >= 0.6 is 0 Å². The van der Waals surface area contributed by atoms with Crippen LogP contribution < -0.4 is 0 Å². The Morgan fingerprint density at radius 3 is 2.29 bits per heavy atom. The molecule has 1 saturated carbocycles. The highest BCUT2D eigenvalue weighted by Gasteiger charge is 2.55. The summed E-state index contributed by atoms with van der Waals surface area (Å²) in [7, 11) is 0. The van der Waals surface area contributed by atoms with Gasteiger partial charge in [0.25, 0.3) is 0 Å². The van der Waals surface area contributed by atoms with Crippen LogP contribution in [-0.2, 0) is 16.4 Å². The summed E-state index contributed by atoms with van der Waals surface area (Å²) in [6.45, 7) is 0. The average Bonchev–Trinajstić information content (AvgIpc) is 2.97. The van der Waals surface area contributed by atoms with Crippen LogP contribution in [0.4, 0.5) is 17.6 Å². The van der Waals surface area contributed by atoms with Gasteiger partial charge < -0.3 is 5.11 Å². The Hall–Kier alpha value is -1.59. The molecular weight excluding hydrogens is 240 g/mol. The third-order valence-electron chi connectivity index (χ3n) is 2.96. The number of hydrogen-bond acceptors (Lipinski definition) is 1. The molecule has 0 spiro atoms. The van der Waals surface area contributed by atoms with Crippen LogP contribution in [0.15, 0.2) is 18.2 Å². The number of aliphatic carboxylic acids is 1. The zero-order valence-electron chi connectivity index (χ0n) is 8.51. The summed E-state index contributed by atoms with van der Waals surface area (Å²) in [5.41, 5.74) is -3.03. The fourth-order valence-corrected chi connectivity index (χ4v) is 1.89. The number of halogens is 4. The van der Waals surface area contributed by atoms with Gasteiger partial charge in [-0.25, -0.2) is 4.39 Å². The van der Waals surface area contributed by atoms with E-state index in [1.54, 1.807) is 0 Å². The smallest absolute Gasteiger partial charge is 0.416 e. The summed E-state index contributed by atoms with van der Waals surface area (Å²) < 4.78 is 50.9. The number of carboxylic acids is 1. The van der Waals surface area contributed by atoms with Gasteiger partial charge in [-0.15, -0.1) is 0 Å². The highest BCUT2D eigenvalue weighted by Crippen LogP contribution is 2.52. The maximum atomic E-state index is 12.8. The van der Waals surface area contributed by atoms with Gasteiger partial charge in [-0.05, 0) is 30.5 Å². The van der Waals surface area contributed by atoms with Gasteiger partial charge in [-0.1, -0.05) is 6.07 Å². The van der Waals surface area contributed by atoms with E-state index in [-0.39, 0.29) is 18.4 Å². The van der Waals surface area contributed by atoms with E-state index in [4.69, 9.17) is 5.11 Å². The Labute approximate surface area is 93.9 Å². The maximum Gasteiger partial charge on any atom is 0.416 e. The summed E-state index contributed by atoms with van der Waals surface area (Å²) in [5, 5.41) is 8.96. The molecule has 92 valence electrons. The molecule has 2 nitrogen and oxygen atoms in total. The number of carboxylic acid groups (broad SMARTS) is 1. The summed E-state index contributed by atoms with van der Waals surface area (Å²) in [4.78, 5) is 11.0. The standard InChI is InChI=1S/C11H8F4O2/c12-6-1-2-7(8(5-6)11(13,14)15)10(3-4-10)9(16)17/h1-2,5H,3-4H2,(H,16,17). The highest BCUT2D eigenvalue weighted by molar-refractivity contribution is 5.85. The van der Waals surface area contributed by atoms with Crippen molar-refractivity contribution in [2.24, 2.45) is 0 Å². The molecule has 0 unspecified atom stereocenters. The molecule has 0 bridgehead atoms. The lowest BCUT2D eigenvalue weighted by Gasteiger charge is -2.17. The van der Waals surface area contributed by atoms with Gasteiger partial charge in [0.2, 0.25) is 0 Å². The van der Waals surface area contributed by atoms with E-state index in [1.165, 1.54) is 0 Å².